The molecule has 2 N–H and O–H groups in total. The molecule has 0 saturated carbocycles. The Morgan fingerprint density at radius 2 is 1.92 bits per heavy atom. The Balaban J connectivity index is 2.17. The first-order chi connectivity index (χ1) is 12.4. The van der Waals surface area contributed by atoms with Gasteiger partial charge in [0.1, 0.15) is 5.69 Å². The number of hydrogen-bond donors (Lipinski definition) is 2. The Kier molecular flexibility index (Phi) is 6.62. The molecular formula is C18H23N5O3. The van der Waals surface area contributed by atoms with Crippen LogP contribution in [-0.4, -0.2) is 61.0 Å². The molecule has 0 spiro atoms. The van der Waals surface area contributed by atoms with Crippen molar-refractivity contribution < 1.29 is 14.3 Å². The average Bonchev–Trinajstić information content (AvgIpc) is 2.60. The Hall–Kier alpha value is -3.00. The summed E-state index contributed by atoms with van der Waals surface area (Å²) in [6.07, 6.45) is 0. The number of rotatable bonds is 7. The van der Waals surface area contributed by atoms with Gasteiger partial charge >= 0.3 is 5.97 Å². The third-order valence-corrected chi connectivity index (χ3v) is 3.51. The summed E-state index contributed by atoms with van der Waals surface area (Å²) in [6.45, 7) is 3.26. The molecule has 2 aromatic rings. The second-order valence-corrected chi connectivity index (χ2v) is 5.94. The summed E-state index contributed by atoms with van der Waals surface area (Å²) >= 11 is 0. The monoisotopic (exact) mass is 357 g/mol. The second-order valence-electron chi connectivity index (χ2n) is 5.94. The smallest absolute Gasteiger partial charge is 0.339 e. The van der Waals surface area contributed by atoms with Gasteiger partial charge in [-0.05, 0) is 39.2 Å². The number of benzene rings is 1. The van der Waals surface area contributed by atoms with E-state index in [0.29, 0.717) is 23.9 Å². The molecule has 0 fully saturated rings. The summed E-state index contributed by atoms with van der Waals surface area (Å²) in [5.41, 5.74) is 1.52. The van der Waals surface area contributed by atoms with Gasteiger partial charge in [-0.15, -0.1) is 0 Å². The third-order valence-electron chi connectivity index (χ3n) is 3.51. The van der Waals surface area contributed by atoms with Crippen LogP contribution < -0.4 is 10.6 Å². The summed E-state index contributed by atoms with van der Waals surface area (Å²) in [5, 5.41) is 5.80. The molecule has 2 rings (SSSR count). The number of nitrogens with zero attached hydrogens (tertiary/aromatic N) is 3. The van der Waals surface area contributed by atoms with Gasteiger partial charge in [0.05, 0.1) is 18.4 Å². The van der Waals surface area contributed by atoms with Crippen LogP contribution in [0.1, 0.15) is 26.5 Å². The minimum absolute atomic E-state index is 0.213. The molecule has 0 atom stereocenters. The number of carbonyl (C=O) groups excluding carboxylic acids is 2. The van der Waals surface area contributed by atoms with Crippen molar-refractivity contribution in [1.82, 2.24) is 14.9 Å². The van der Waals surface area contributed by atoms with Gasteiger partial charge in [0.15, 0.2) is 0 Å². The molecule has 8 heteroatoms. The number of anilines is 2. The number of hydrogen-bond acceptors (Lipinski definition) is 7. The van der Waals surface area contributed by atoms with E-state index in [1.165, 1.54) is 7.11 Å². The minimum Gasteiger partial charge on any atom is -0.465 e. The summed E-state index contributed by atoms with van der Waals surface area (Å²) in [4.78, 5) is 35.0. The molecule has 0 bridgehead atoms. The van der Waals surface area contributed by atoms with Gasteiger partial charge in [-0.1, -0.05) is 12.1 Å². The predicted molar refractivity (Wildman–Crippen MR) is 99.5 cm³/mol. The molecule has 0 aliphatic heterocycles. The van der Waals surface area contributed by atoms with Crippen molar-refractivity contribution in [2.24, 2.45) is 0 Å². The Morgan fingerprint density at radius 3 is 2.62 bits per heavy atom. The summed E-state index contributed by atoms with van der Waals surface area (Å²) < 4.78 is 4.74. The molecule has 0 radical (unpaired) electrons. The number of nitrogens with one attached hydrogen (secondary N) is 2. The van der Waals surface area contributed by atoms with Crippen molar-refractivity contribution in [3.63, 3.8) is 0 Å². The molecule has 1 aromatic carbocycles. The van der Waals surface area contributed by atoms with Crippen LogP contribution in [0, 0.1) is 6.92 Å². The van der Waals surface area contributed by atoms with E-state index in [1.54, 1.807) is 37.3 Å². The lowest BCUT2D eigenvalue weighted by Gasteiger charge is -2.12. The summed E-state index contributed by atoms with van der Waals surface area (Å²) in [7, 11) is 5.23. The highest BCUT2D eigenvalue weighted by atomic mass is 16.5. The van der Waals surface area contributed by atoms with Crippen molar-refractivity contribution in [1.29, 1.82) is 0 Å². The molecule has 0 aliphatic rings. The highest BCUT2D eigenvalue weighted by Crippen LogP contribution is 2.17. The number of methoxy groups -OCH3 is 1. The number of esters is 1. The standard InChI is InChI=1S/C18H23N5O3/c1-12-11-15(22-18(20-12)19-9-10-23(2)3)16(24)21-14-8-6-5-7-13(14)17(25)26-4/h5-8,11H,9-10H2,1-4H3,(H,21,24)(H,19,20,22). The lowest BCUT2D eigenvalue weighted by atomic mass is 10.1. The number of carbonyl (C=O) groups is 2. The van der Waals surface area contributed by atoms with E-state index in [0.717, 1.165) is 6.54 Å². The van der Waals surface area contributed by atoms with E-state index in [1.807, 2.05) is 19.0 Å². The van der Waals surface area contributed by atoms with Gasteiger partial charge < -0.3 is 20.3 Å². The molecule has 0 unspecified atom stereocenters. The fourth-order valence-electron chi connectivity index (χ4n) is 2.22. The van der Waals surface area contributed by atoms with Crippen LogP contribution in [0.2, 0.25) is 0 Å². The molecule has 1 heterocycles. The maximum atomic E-state index is 12.6. The fourth-order valence-corrected chi connectivity index (χ4v) is 2.22. The topological polar surface area (TPSA) is 96.4 Å². The van der Waals surface area contributed by atoms with E-state index in [4.69, 9.17) is 4.74 Å². The summed E-state index contributed by atoms with van der Waals surface area (Å²) in [6, 6.07) is 8.23. The number of amides is 1. The van der Waals surface area contributed by atoms with Gasteiger partial charge in [-0.2, -0.15) is 0 Å². The van der Waals surface area contributed by atoms with Gasteiger partial charge in [0.25, 0.3) is 5.91 Å². The molecule has 0 saturated heterocycles. The first kappa shape index (κ1) is 19.3. The molecule has 8 nitrogen and oxygen atoms in total. The van der Waals surface area contributed by atoms with Crippen molar-refractivity contribution in [3.05, 3.63) is 47.3 Å². The zero-order chi connectivity index (χ0) is 19.1. The Bertz CT molecular complexity index is 792. The van der Waals surface area contributed by atoms with Gasteiger partial charge in [0, 0.05) is 18.8 Å². The van der Waals surface area contributed by atoms with Gasteiger partial charge in [-0.25, -0.2) is 14.8 Å². The van der Waals surface area contributed by atoms with Crippen LogP contribution in [0.15, 0.2) is 30.3 Å². The highest BCUT2D eigenvalue weighted by molar-refractivity contribution is 6.07. The zero-order valence-corrected chi connectivity index (χ0v) is 15.4. The van der Waals surface area contributed by atoms with E-state index in [2.05, 4.69) is 20.6 Å². The van der Waals surface area contributed by atoms with Crippen LogP contribution in [0.25, 0.3) is 0 Å². The van der Waals surface area contributed by atoms with Crippen molar-refractivity contribution in [3.8, 4) is 0 Å². The van der Waals surface area contributed by atoms with E-state index < -0.39 is 11.9 Å². The van der Waals surface area contributed by atoms with Gasteiger partial charge in [0.2, 0.25) is 5.95 Å². The van der Waals surface area contributed by atoms with Gasteiger partial charge in [-0.3, -0.25) is 4.79 Å². The number of ether oxygens (including phenoxy) is 1. The Labute approximate surface area is 152 Å². The lowest BCUT2D eigenvalue weighted by Crippen LogP contribution is -2.22. The molecule has 0 aliphatic carbocycles. The molecule has 1 aromatic heterocycles. The largest absolute Gasteiger partial charge is 0.465 e. The average molecular weight is 357 g/mol. The maximum Gasteiger partial charge on any atom is 0.339 e. The van der Waals surface area contributed by atoms with Crippen LogP contribution in [0.5, 0.6) is 0 Å². The molecular weight excluding hydrogens is 334 g/mol. The second kappa shape index (κ2) is 8.91. The molecule has 1 amide bonds. The molecule has 138 valence electrons. The van der Waals surface area contributed by atoms with Crippen molar-refractivity contribution in [2.75, 3.05) is 44.9 Å². The third kappa shape index (κ3) is 5.25. The fraction of sp³-hybridized carbons (Fsp3) is 0.333. The maximum absolute atomic E-state index is 12.6. The number of aryl methyl sites for hydroxylation is 1. The quantitative estimate of drug-likeness (QED) is 0.729. The number of para-hydroxylation sites is 1. The first-order valence-electron chi connectivity index (χ1n) is 8.13. The summed E-state index contributed by atoms with van der Waals surface area (Å²) in [5.74, 6) is -0.563. The number of aromatic nitrogens is 2. The van der Waals surface area contributed by atoms with Crippen molar-refractivity contribution in [2.45, 2.75) is 6.92 Å². The number of likely N-dealkylation sites (N-methyl/N-ethyl adjacent to an activating group) is 1. The minimum atomic E-state index is -0.522. The van der Waals surface area contributed by atoms with E-state index in [-0.39, 0.29) is 11.3 Å². The predicted octanol–water partition coefficient (Wildman–Crippen LogP) is 1.80. The van der Waals surface area contributed by atoms with Crippen LogP contribution in [-0.2, 0) is 4.74 Å². The first-order valence-corrected chi connectivity index (χ1v) is 8.13. The van der Waals surface area contributed by atoms with Crippen LogP contribution >= 0.6 is 0 Å². The van der Waals surface area contributed by atoms with E-state index in [9.17, 15) is 9.59 Å². The Morgan fingerprint density at radius 1 is 1.19 bits per heavy atom. The van der Waals surface area contributed by atoms with Crippen LogP contribution in [0.3, 0.4) is 0 Å². The van der Waals surface area contributed by atoms with Crippen LogP contribution in [0.4, 0.5) is 11.6 Å². The normalized spacial score (nSPS) is 10.5. The SMILES string of the molecule is COC(=O)c1ccccc1NC(=O)c1cc(C)nc(NCCN(C)C)n1. The zero-order valence-electron chi connectivity index (χ0n) is 15.4. The highest BCUT2D eigenvalue weighted by Gasteiger charge is 2.16. The van der Waals surface area contributed by atoms with E-state index >= 15 is 0 Å². The molecule has 26 heavy (non-hydrogen) atoms. The lowest BCUT2D eigenvalue weighted by molar-refractivity contribution is 0.0602. The van der Waals surface area contributed by atoms with Crippen molar-refractivity contribution >= 4 is 23.5 Å².